The van der Waals surface area contributed by atoms with E-state index in [1.807, 2.05) is 37.3 Å². The number of likely N-dealkylation sites (tertiary alicyclic amines) is 1. The Morgan fingerprint density at radius 2 is 1.87 bits per heavy atom. The molecule has 0 N–H and O–H groups in total. The highest BCUT2D eigenvalue weighted by molar-refractivity contribution is 5.53. The first kappa shape index (κ1) is 19.0. The SMILES string of the molecule is Cc1c(CN2[C@@H]3CC[C@H](C3)[C@H]2c2nc(-c3ccccc3)no2)c(=O)n(C)c(=O)n1C. The summed E-state index contributed by atoms with van der Waals surface area (Å²) in [7, 11) is 3.24. The lowest BCUT2D eigenvalue weighted by molar-refractivity contribution is 0.102. The summed E-state index contributed by atoms with van der Waals surface area (Å²) in [5.74, 6) is 1.64. The second-order valence-electron chi connectivity index (χ2n) is 8.44. The zero-order valence-electron chi connectivity index (χ0n) is 17.4. The van der Waals surface area contributed by atoms with E-state index in [9.17, 15) is 9.59 Å². The zero-order valence-corrected chi connectivity index (χ0v) is 17.4. The summed E-state index contributed by atoms with van der Waals surface area (Å²) in [4.78, 5) is 32.1. The fourth-order valence-electron chi connectivity index (χ4n) is 5.09. The molecule has 30 heavy (non-hydrogen) atoms. The molecule has 2 aromatic heterocycles. The highest BCUT2D eigenvalue weighted by Crippen LogP contribution is 2.50. The van der Waals surface area contributed by atoms with Gasteiger partial charge in [0.05, 0.1) is 11.6 Å². The molecule has 3 heterocycles. The molecule has 8 heteroatoms. The van der Waals surface area contributed by atoms with Gasteiger partial charge in [0.1, 0.15) is 0 Å². The Labute approximate surface area is 173 Å². The Hall–Kier alpha value is -3.00. The molecule has 156 valence electrons. The summed E-state index contributed by atoms with van der Waals surface area (Å²) in [5, 5.41) is 4.21. The largest absolute Gasteiger partial charge is 0.337 e. The number of hydrogen-bond acceptors (Lipinski definition) is 6. The van der Waals surface area contributed by atoms with E-state index < -0.39 is 0 Å². The van der Waals surface area contributed by atoms with Crippen molar-refractivity contribution in [1.82, 2.24) is 24.2 Å². The average Bonchev–Trinajstić information content (AvgIpc) is 3.51. The van der Waals surface area contributed by atoms with Gasteiger partial charge in [-0.05, 0) is 32.1 Å². The Balaban J connectivity index is 1.51. The summed E-state index contributed by atoms with van der Waals surface area (Å²) in [6.45, 7) is 2.31. The average molecular weight is 407 g/mol. The van der Waals surface area contributed by atoms with Crippen molar-refractivity contribution in [2.24, 2.45) is 20.0 Å². The molecular weight excluding hydrogens is 382 g/mol. The molecule has 2 bridgehead atoms. The molecule has 3 aromatic rings. The van der Waals surface area contributed by atoms with Crippen LogP contribution in [-0.2, 0) is 20.6 Å². The van der Waals surface area contributed by atoms with Crippen LogP contribution in [0.3, 0.4) is 0 Å². The molecule has 1 aliphatic carbocycles. The normalized spacial score (nSPS) is 23.4. The molecule has 2 aliphatic rings. The first-order chi connectivity index (χ1) is 14.5. The van der Waals surface area contributed by atoms with Gasteiger partial charge in [-0.15, -0.1) is 0 Å². The predicted molar refractivity (Wildman–Crippen MR) is 111 cm³/mol. The van der Waals surface area contributed by atoms with E-state index in [0.717, 1.165) is 24.8 Å². The lowest BCUT2D eigenvalue weighted by Crippen LogP contribution is -2.43. The van der Waals surface area contributed by atoms with Crippen LogP contribution < -0.4 is 11.2 Å². The van der Waals surface area contributed by atoms with Crippen LogP contribution in [0.1, 0.15) is 42.5 Å². The van der Waals surface area contributed by atoms with Crippen molar-refractivity contribution in [2.75, 3.05) is 0 Å². The van der Waals surface area contributed by atoms with E-state index in [2.05, 4.69) is 10.1 Å². The van der Waals surface area contributed by atoms with Crippen molar-refractivity contribution >= 4 is 0 Å². The van der Waals surface area contributed by atoms with Crippen LogP contribution in [0.25, 0.3) is 11.4 Å². The maximum absolute atomic E-state index is 12.9. The van der Waals surface area contributed by atoms with Crippen LogP contribution in [0.4, 0.5) is 0 Å². The van der Waals surface area contributed by atoms with Crippen LogP contribution in [0.5, 0.6) is 0 Å². The van der Waals surface area contributed by atoms with Gasteiger partial charge in [0.2, 0.25) is 11.7 Å². The minimum absolute atomic E-state index is 0.00458. The van der Waals surface area contributed by atoms with Crippen molar-refractivity contribution in [1.29, 1.82) is 0 Å². The Morgan fingerprint density at radius 3 is 2.63 bits per heavy atom. The van der Waals surface area contributed by atoms with Gasteiger partial charge in [-0.1, -0.05) is 35.5 Å². The number of nitrogens with zero attached hydrogens (tertiary/aromatic N) is 5. The number of aromatic nitrogens is 4. The smallest absolute Gasteiger partial charge is 0.330 e. The number of hydrogen-bond donors (Lipinski definition) is 0. The number of piperidine rings is 1. The number of fused-ring (bicyclic) bond motifs is 2. The highest BCUT2D eigenvalue weighted by Gasteiger charge is 2.49. The molecule has 1 saturated carbocycles. The van der Waals surface area contributed by atoms with E-state index in [4.69, 9.17) is 9.51 Å². The van der Waals surface area contributed by atoms with E-state index >= 15 is 0 Å². The van der Waals surface area contributed by atoms with E-state index in [1.54, 1.807) is 11.6 Å². The van der Waals surface area contributed by atoms with Crippen LogP contribution in [0, 0.1) is 12.8 Å². The van der Waals surface area contributed by atoms with Crippen molar-refractivity contribution in [3.63, 3.8) is 0 Å². The molecule has 0 radical (unpaired) electrons. The standard InChI is InChI=1S/C22H25N5O3/c1-13-17(21(28)26(3)22(29)25(13)2)12-27-16-10-9-15(11-16)18(27)20-23-19(24-30-20)14-7-5-4-6-8-14/h4-8,15-16,18H,9-12H2,1-3H3/t15-,16-,18+/m1/s1. The fourth-order valence-corrected chi connectivity index (χ4v) is 5.09. The van der Waals surface area contributed by atoms with Gasteiger partial charge in [0.25, 0.3) is 5.56 Å². The molecule has 8 nitrogen and oxygen atoms in total. The first-order valence-electron chi connectivity index (χ1n) is 10.4. The summed E-state index contributed by atoms with van der Waals surface area (Å²) in [5.41, 5.74) is 1.75. The molecule has 2 fully saturated rings. The monoisotopic (exact) mass is 407 g/mol. The van der Waals surface area contributed by atoms with Gasteiger partial charge >= 0.3 is 5.69 Å². The lowest BCUT2D eigenvalue weighted by Gasteiger charge is -2.33. The van der Waals surface area contributed by atoms with Gasteiger partial charge in [0, 0.05) is 37.9 Å². The maximum Gasteiger partial charge on any atom is 0.330 e. The second kappa shape index (κ2) is 7.05. The quantitative estimate of drug-likeness (QED) is 0.659. The van der Waals surface area contributed by atoms with Crippen molar-refractivity contribution in [3.05, 3.63) is 68.3 Å². The molecule has 1 saturated heterocycles. The van der Waals surface area contributed by atoms with E-state index in [-0.39, 0.29) is 17.3 Å². The van der Waals surface area contributed by atoms with Crippen molar-refractivity contribution in [2.45, 2.75) is 44.8 Å². The Bertz CT molecular complexity index is 1210. The molecule has 5 rings (SSSR count). The number of benzene rings is 1. The summed E-state index contributed by atoms with van der Waals surface area (Å²) < 4.78 is 8.44. The van der Waals surface area contributed by atoms with Crippen LogP contribution in [0.2, 0.25) is 0 Å². The summed E-state index contributed by atoms with van der Waals surface area (Å²) >= 11 is 0. The van der Waals surface area contributed by atoms with Gasteiger partial charge in [-0.3, -0.25) is 14.3 Å². The lowest BCUT2D eigenvalue weighted by atomic mass is 9.98. The Morgan fingerprint density at radius 1 is 1.10 bits per heavy atom. The van der Waals surface area contributed by atoms with Gasteiger partial charge in [-0.25, -0.2) is 4.79 Å². The molecule has 0 spiro atoms. The zero-order chi connectivity index (χ0) is 21.0. The van der Waals surface area contributed by atoms with Gasteiger partial charge in [0.15, 0.2) is 0 Å². The minimum atomic E-state index is -0.301. The summed E-state index contributed by atoms with van der Waals surface area (Å²) in [6, 6.07) is 10.2. The molecule has 1 aromatic carbocycles. The van der Waals surface area contributed by atoms with Gasteiger partial charge < -0.3 is 9.09 Å². The summed E-state index contributed by atoms with van der Waals surface area (Å²) in [6.07, 6.45) is 3.30. The van der Waals surface area contributed by atoms with Crippen LogP contribution in [0.15, 0.2) is 44.4 Å². The third-order valence-corrected chi connectivity index (χ3v) is 6.86. The van der Waals surface area contributed by atoms with Crippen molar-refractivity contribution in [3.8, 4) is 11.4 Å². The molecule has 3 atom stereocenters. The predicted octanol–water partition coefficient (Wildman–Crippen LogP) is 2.17. The van der Waals surface area contributed by atoms with Crippen LogP contribution >= 0.6 is 0 Å². The minimum Gasteiger partial charge on any atom is -0.337 e. The fraction of sp³-hybridized carbons (Fsp3) is 0.455. The highest BCUT2D eigenvalue weighted by atomic mass is 16.5. The first-order valence-corrected chi connectivity index (χ1v) is 10.4. The van der Waals surface area contributed by atoms with Crippen molar-refractivity contribution < 1.29 is 4.52 Å². The molecule has 1 aliphatic heterocycles. The molecule has 0 unspecified atom stereocenters. The van der Waals surface area contributed by atoms with E-state index in [0.29, 0.717) is 41.5 Å². The third kappa shape index (κ3) is 2.86. The Kier molecular flexibility index (Phi) is 4.47. The topological polar surface area (TPSA) is 86.2 Å². The molecular formula is C22H25N5O3. The number of rotatable bonds is 4. The van der Waals surface area contributed by atoms with E-state index in [1.165, 1.54) is 11.6 Å². The maximum atomic E-state index is 12.9. The molecule has 0 amide bonds. The van der Waals surface area contributed by atoms with Crippen LogP contribution in [-0.4, -0.2) is 30.2 Å². The third-order valence-electron chi connectivity index (χ3n) is 6.86. The second-order valence-corrected chi connectivity index (χ2v) is 8.44. The van der Waals surface area contributed by atoms with Gasteiger partial charge in [-0.2, -0.15) is 4.98 Å².